The van der Waals surface area contributed by atoms with Crippen molar-refractivity contribution < 1.29 is 4.79 Å². The standard InChI is InChI=1S/C18H35N5O/c1-5-19-17(20-12-16(24)22-18(2,3)4)21-14-10-11-23(13-14)15-8-6-7-9-15/h14-15H,5-13H2,1-4H3,(H,22,24)(H2,19,20,21). The molecule has 3 N–H and O–H groups in total. The molecule has 138 valence electrons. The summed E-state index contributed by atoms with van der Waals surface area (Å²) in [5.74, 6) is 0.707. The van der Waals surface area contributed by atoms with Crippen molar-refractivity contribution in [2.24, 2.45) is 4.99 Å². The molecule has 0 aromatic heterocycles. The molecule has 2 rings (SSSR count). The summed E-state index contributed by atoms with van der Waals surface area (Å²) >= 11 is 0. The van der Waals surface area contributed by atoms with Crippen LogP contribution in [0, 0.1) is 0 Å². The van der Waals surface area contributed by atoms with Crippen LogP contribution in [0.2, 0.25) is 0 Å². The van der Waals surface area contributed by atoms with Crippen molar-refractivity contribution in [3.05, 3.63) is 0 Å². The Bertz CT molecular complexity index is 437. The number of hydrogen-bond acceptors (Lipinski definition) is 3. The van der Waals surface area contributed by atoms with E-state index in [1.54, 1.807) is 0 Å². The normalized spacial score (nSPS) is 23.5. The second-order valence-corrected chi connectivity index (χ2v) is 8.06. The highest BCUT2D eigenvalue weighted by atomic mass is 16.2. The number of amides is 1. The van der Waals surface area contributed by atoms with Gasteiger partial charge in [0.15, 0.2) is 5.96 Å². The summed E-state index contributed by atoms with van der Waals surface area (Å²) in [5.41, 5.74) is -0.217. The molecule has 1 amide bonds. The molecule has 0 bridgehead atoms. The van der Waals surface area contributed by atoms with Crippen molar-refractivity contribution in [1.82, 2.24) is 20.9 Å². The van der Waals surface area contributed by atoms with Crippen LogP contribution < -0.4 is 16.0 Å². The van der Waals surface area contributed by atoms with Gasteiger partial charge in [-0.25, -0.2) is 4.99 Å². The van der Waals surface area contributed by atoms with Crippen molar-refractivity contribution in [2.45, 2.75) is 77.4 Å². The predicted molar refractivity (Wildman–Crippen MR) is 99.2 cm³/mol. The van der Waals surface area contributed by atoms with Crippen LogP contribution in [0.25, 0.3) is 0 Å². The van der Waals surface area contributed by atoms with E-state index in [-0.39, 0.29) is 18.0 Å². The maximum atomic E-state index is 11.9. The molecule has 1 aliphatic heterocycles. The van der Waals surface area contributed by atoms with Crippen molar-refractivity contribution in [2.75, 3.05) is 26.2 Å². The van der Waals surface area contributed by atoms with Crippen LogP contribution in [0.1, 0.15) is 59.8 Å². The third-order valence-corrected chi connectivity index (χ3v) is 4.64. The summed E-state index contributed by atoms with van der Waals surface area (Å²) in [4.78, 5) is 19.0. The number of hydrogen-bond donors (Lipinski definition) is 3. The second kappa shape index (κ2) is 8.70. The van der Waals surface area contributed by atoms with Gasteiger partial charge in [0.2, 0.25) is 5.91 Å². The molecule has 6 heteroatoms. The van der Waals surface area contributed by atoms with Gasteiger partial charge < -0.3 is 16.0 Å². The fourth-order valence-electron chi connectivity index (χ4n) is 3.63. The Morgan fingerprint density at radius 2 is 1.92 bits per heavy atom. The SMILES string of the molecule is CCNC(=NCC(=O)NC(C)(C)C)NC1CCN(C2CCCC2)C1. The monoisotopic (exact) mass is 337 g/mol. The van der Waals surface area contributed by atoms with Gasteiger partial charge in [0.25, 0.3) is 0 Å². The molecule has 1 atom stereocenters. The van der Waals surface area contributed by atoms with E-state index in [9.17, 15) is 4.79 Å². The number of guanidine groups is 1. The fraction of sp³-hybridized carbons (Fsp3) is 0.889. The molecule has 0 spiro atoms. The molecule has 1 aliphatic carbocycles. The van der Waals surface area contributed by atoms with Crippen LogP contribution in [-0.2, 0) is 4.79 Å². The lowest BCUT2D eigenvalue weighted by molar-refractivity contribution is -0.121. The smallest absolute Gasteiger partial charge is 0.242 e. The van der Waals surface area contributed by atoms with Gasteiger partial charge in [0, 0.05) is 37.3 Å². The van der Waals surface area contributed by atoms with E-state index in [0.717, 1.165) is 31.5 Å². The molecule has 0 aromatic rings. The number of likely N-dealkylation sites (tertiary alicyclic amines) is 1. The summed E-state index contributed by atoms with van der Waals surface area (Å²) in [6.07, 6.45) is 6.62. The molecule has 0 radical (unpaired) electrons. The van der Waals surface area contributed by atoms with Gasteiger partial charge in [0.1, 0.15) is 6.54 Å². The molecule has 0 aromatic carbocycles. The first-order chi connectivity index (χ1) is 11.4. The minimum absolute atomic E-state index is 0.0429. The minimum atomic E-state index is -0.217. The Hall–Kier alpha value is -1.30. The van der Waals surface area contributed by atoms with E-state index in [1.165, 1.54) is 32.2 Å². The Kier molecular flexibility index (Phi) is 6.90. The van der Waals surface area contributed by atoms with Crippen LogP contribution >= 0.6 is 0 Å². The Labute approximate surface area is 146 Å². The van der Waals surface area contributed by atoms with Crippen molar-refractivity contribution in [3.8, 4) is 0 Å². The zero-order valence-electron chi connectivity index (χ0n) is 15.8. The zero-order chi connectivity index (χ0) is 17.6. The molecule has 2 fully saturated rings. The van der Waals surface area contributed by atoms with E-state index in [1.807, 2.05) is 27.7 Å². The predicted octanol–water partition coefficient (Wildman–Crippen LogP) is 1.47. The maximum absolute atomic E-state index is 11.9. The van der Waals surface area contributed by atoms with Crippen LogP contribution in [0.15, 0.2) is 4.99 Å². The Morgan fingerprint density at radius 1 is 1.21 bits per heavy atom. The lowest BCUT2D eigenvalue weighted by Crippen LogP contribution is -2.46. The van der Waals surface area contributed by atoms with Gasteiger partial charge in [-0.1, -0.05) is 12.8 Å². The van der Waals surface area contributed by atoms with Gasteiger partial charge >= 0.3 is 0 Å². The number of carbonyl (C=O) groups excluding carboxylic acids is 1. The van der Waals surface area contributed by atoms with Crippen LogP contribution in [0.3, 0.4) is 0 Å². The topological polar surface area (TPSA) is 68.8 Å². The van der Waals surface area contributed by atoms with Crippen LogP contribution in [0.5, 0.6) is 0 Å². The van der Waals surface area contributed by atoms with E-state index in [2.05, 4.69) is 25.8 Å². The van der Waals surface area contributed by atoms with E-state index in [4.69, 9.17) is 0 Å². The van der Waals surface area contributed by atoms with Crippen molar-refractivity contribution >= 4 is 11.9 Å². The Morgan fingerprint density at radius 3 is 2.54 bits per heavy atom. The Balaban J connectivity index is 1.82. The van der Waals surface area contributed by atoms with Gasteiger partial charge in [-0.2, -0.15) is 0 Å². The average Bonchev–Trinajstić information content (AvgIpc) is 3.14. The van der Waals surface area contributed by atoms with Gasteiger partial charge in [0.05, 0.1) is 0 Å². The molecular formula is C18H35N5O. The van der Waals surface area contributed by atoms with Gasteiger partial charge in [-0.3, -0.25) is 9.69 Å². The molecule has 2 aliphatic rings. The number of carbonyl (C=O) groups is 1. The lowest BCUT2D eigenvalue weighted by atomic mass is 10.1. The van der Waals surface area contributed by atoms with Crippen LogP contribution in [0.4, 0.5) is 0 Å². The molecule has 1 saturated heterocycles. The number of aliphatic imine (C=N–C) groups is 1. The maximum Gasteiger partial charge on any atom is 0.242 e. The second-order valence-electron chi connectivity index (χ2n) is 8.06. The van der Waals surface area contributed by atoms with Crippen molar-refractivity contribution in [3.63, 3.8) is 0 Å². The van der Waals surface area contributed by atoms with Gasteiger partial charge in [-0.15, -0.1) is 0 Å². The van der Waals surface area contributed by atoms with E-state index in [0.29, 0.717) is 6.04 Å². The molecule has 1 unspecified atom stereocenters. The summed E-state index contributed by atoms with van der Waals surface area (Å²) in [5, 5.41) is 9.70. The number of nitrogens with one attached hydrogen (secondary N) is 3. The summed E-state index contributed by atoms with van der Waals surface area (Å²) in [6, 6.07) is 1.21. The highest BCUT2D eigenvalue weighted by molar-refractivity contribution is 5.85. The molecule has 24 heavy (non-hydrogen) atoms. The number of rotatable bonds is 5. The summed E-state index contributed by atoms with van der Waals surface area (Å²) < 4.78 is 0. The number of nitrogens with zero attached hydrogens (tertiary/aromatic N) is 2. The quantitative estimate of drug-likeness (QED) is 0.525. The molecule has 6 nitrogen and oxygen atoms in total. The molecule has 1 heterocycles. The minimum Gasteiger partial charge on any atom is -0.357 e. The largest absolute Gasteiger partial charge is 0.357 e. The van der Waals surface area contributed by atoms with Gasteiger partial charge in [-0.05, 0) is 47.0 Å². The average molecular weight is 338 g/mol. The highest BCUT2D eigenvalue weighted by Crippen LogP contribution is 2.26. The third-order valence-electron chi connectivity index (χ3n) is 4.64. The fourth-order valence-corrected chi connectivity index (χ4v) is 3.63. The third kappa shape index (κ3) is 6.30. The first-order valence-electron chi connectivity index (χ1n) is 9.47. The van der Waals surface area contributed by atoms with E-state index >= 15 is 0 Å². The zero-order valence-corrected chi connectivity index (χ0v) is 15.8. The summed E-state index contributed by atoms with van der Waals surface area (Å²) in [7, 11) is 0. The highest BCUT2D eigenvalue weighted by Gasteiger charge is 2.30. The molecular weight excluding hydrogens is 302 g/mol. The first-order valence-corrected chi connectivity index (χ1v) is 9.47. The first kappa shape index (κ1) is 19.0. The van der Waals surface area contributed by atoms with Crippen molar-refractivity contribution in [1.29, 1.82) is 0 Å². The lowest BCUT2D eigenvalue weighted by Gasteiger charge is -2.24. The summed E-state index contributed by atoms with van der Waals surface area (Å²) in [6.45, 7) is 11.2. The molecule has 1 saturated carbocycles. The van der Waals surface area contributed by atoms with E-state index < -0.39 is 0 Å². The van der Waals surface area contributed by atoms with Crippen LogP contribution in [-0.4, -0.2) is 60.6 Å².